The molecule has 152 valence electrons. The fourth-order valence-corrected chi connectivity index (χ4v) is 3.56. The topological polar surface area (TPSA) is 74.9 Å². The molecule has 4 heteroatoms. The molecule has 0 saturated heterocycles. The van der Waals surface area contributed by atoms with Crippen molar-refractivity contribution in [1.29, 1.82) is 0 Å². The molecule has 0 aliphatic heterocycles. The van der Waals surface area contributed by atoms with Gasteiger partial charge in [-0.3, -0.25) is 0 Å². The van der Waals surface area contributed by atoms with Crippen molar-refractivity contribution in [3.63, 3.8) is 0 Å². The second kappa shape index (κ2) is 10.2. The number of benzene rings is 1. The highest BCUT2D eigenvalue weighted by atomic mass is 16.3. The number of aliphatic hydroxyl groups excluding tert-OH is 1. The Balaban J connectivity index is 1.88. The first-order valence-electron chi connectivity index (χ1n) is 10.7. The van der Waals surface area contributed by atoms with Crippen molar-refractivity contribution >= 4 is 11.0 Å². The Bertz CT molecular complexity index is 686. The number of imidazole rings is 1. The number of nitrogens with two attached hydrogens (primary N) is 1. The van der Waals surface area contributed by atoms with Crippen molar-refractivity contribution in [3.8, 4) is 0 Å². The van der Waals surface area contributed by atoms with E-state index < -0.39 is 6.10 Å². The molecule has 1 heterocycles. The fraction of sp³-hybridized carbons (Fsp3) is 0.696. The Kier molecular flexibility index (Phi) is 8.30. The van der Waals surface area contributed by atoms with Gasteiger partial charge in [0.1, 0.15) is 5.82 Å². The molecule has 0 fully saturated rings. The van der Waals surface area contributed by atoms with Crippen LogP contribution in [0.15, 0.2) is 18.2 Å². The van der Waals surface area contributed by atoms with Crippen molar-refractivity contribution in [3.05, 3.63) is 29.6 Å². The van der Waals surface area contributed by atoms with Crippen molar-refractivity contribution in [2.75, 3.05) is 0 Å². The number of H-pyrrole nitrogens is 1. The monoisotopic (exact) mass is 373 g/mol. The lowest BCUT2D eigenvalue weighted by Gasteiger charge is -2.26. The van der Waals surface area contributed by atoms with E-state index in [0.717, 1.165) is 41.7 Å². The lowest BCUT2D eigenvalue weighted by molar-refractivity contribution is 0.0638. The van der Waals surface area contributed by atoms with Crippen molar-refractivity contribution < 1.29 is 5.11 Å². The maximum absolute atomic E-state index is 10.7. The summed E-state index contributed by atoms with van der Waals surface area (Å²) in [6.07, 6.45) is 10.2. The smallest absolute Gasteiger partial charge is 0.107 e. The molecule has 4 nitrogen and oxygen atoms in total. The Morgan fingerprint density at radius 3 is 2.48 bits per heavy atom. The number of aryl methyl sites for hydroxylation is 1. The third-order valence-electron chi connectivity index (χ3n) is 5.39. The zero-order chi connectivity index (χ0) is 19.9. The number of fused-ring (bicyclic) bond motifs is 1. The number of rotatable bonds is 11. The van der Waals surface area contributed by atoms with Gasteiger partial charge in [0.25, 0.3) is 0 Å². The SMILES string of the molecule is CCCCCCCCC(N)CCc1nc2c(C(O)C(C)(C)C)cccc2[nH]1. The van der Waals surface area contributed by atoms with E-state index in [0.29, 0.717) is 0 Å². The number of nitrogens with one attached hydrogen (secondary N) is 1. The second-order valence-electron chi connectivity index (χ2n) is 9.05. The first kappa shape index (κ1) is 21.9. The summed E-state index contributed by atoms with van der Waals surface area (Å²) in [5.74, 6) is 0.969. The molecular formula is C23H39N3O. The standard InChI is InChI=1S/C23H39N3O/c1-5-6-7-8-9-10-12-17(24)15-16-20-25-19-14-11-13-18(21(19)26-20)22(27)23(2,3)4/h11,13-14,17,22,27H,5-10,12,15-16,24H2,1-4H3,(H,25,26). The minimum atomic E-state index is -0.535. The van der Waals surface area contributed by atoms with Gasteiger partial charge in [0, 0.05) is 18.0 Å². The molecule has 2 unspecified atom stereocenters. The van der Waals surface area contributed by atoms with Gasteiger partial charge in [0.05, 0.1) is 17.1 Å². The van der Waals surface area contributed by atoms with Crippen LogP contribution in [0.2, 0.25) is 0 Å². The number of aromatic nitrogens is 2. The predicted octanol–water partition coefficient (Wildman–Crippen LogP) is 5.65. The van der Waals surface area contributed by atoms with E-state index in [1.807, 2.05) is 39.0 Å². The van der Waals surface area contributed by atoms with Crippen molar-refractivity contribution in [1.82, 2.24) is 9.97 Å². The fourth-order valence-electron chi connectivity index (χ4n) is 3.56. The van der Waals surface area contributed by atoms with Crippen LogP contribution in [-0.2, 0) is 6.42 Å². The first-order chi connectivity index (χ1) is 12.8. The van der Waals surface area contributed by atoms with Crippen LogP contribution >= 0.6 is 0 Å². The molecule has 2 atom stereocenters. The van der Waals surface area contributed by atoms with E-state index >= 15 is 0 Å². The summed E-state index contributed by atoms with van der Waals surface area (Å²) in [5, 5.41) is 10.7. The average molecular weight is 374 g/mol. The molecule has 2 rings (SSSR count). The Labute approximate surface area is 165 Å². The number of unbranched alkanes of at least 4 members (excludes halogenated alkanes) is 5. The second-order valence-corrected chi connectivity index (χ2v) is 9.05. The van der Waals surface area contributed by atoms with Gasteiger partial charge in [0.2, 0.25) is 0 Å². The number of hydrogen-bond acceptors (Lipinski definition) is 3. The summed E-state index contributed by atoms with van der Waals surface area (Å²) in [5.41, 5.74) is 8.88. The van der Waals surface area contributed by atoms with Gasteiger partial charge in [-0.05, 0) is 24.3 Å². The number of aromatic amines is 1. The molecule has 0 bridgehead atoms. The van der Waals surface area contributed by atoms with Gasteiger partial charge in [-0.15, -0.1) is 0 Å². The Morgan fingerprint density at radius 2 is 1.78 bits per heavy atom. The maximum atomic E-state index is 10.7. The van der Waals surface area contributed by atoms with Crippen LogP contribution in [0.25, 0.3) is 11.0 Å². The van der Waals surface area contributed by atoms with Crippen LogP contribution in [0, 0.1) is 5.41 Å². The number of hydrogen-bond donors (Lipinski definition) is 3. The minimum absolute atomic E-state index is 0.215. The number of para-hydroxylation sites is 1. The van der Waals surface area contributed by atoms with Gasteiger partial charge < -0.3 is 15.8 Å². The van der Waals surface area contributed by atoms with Crippen LogP contribution in [0.1, 0.15) is 96.6 Å². The van der Waals surface area contributed by atoms with Crippen LogP contribution in [0.3, 0.4) is 0 Å². The third-order valence-corrected chi connectivity index (χ3v) is 5.39. The molecule has 0 spiro atoms. The lowest BCUT2D eigenvalue weighted by atomic mass is 9.84. The van der Waals surface area contributed by atoms with Gasteiger partial charge in [-0.1, -0.05) is 78.4 Å². The maximum Gasteiger partial charge on any atom is 0.107 e. The molecule has 0 aliphatic carbocycles. The summed E-state index contributed by atoms with van der Waals surface area (Å²) in [6, 6.07) is 6.23. The number of aliphatic hydroxyl groups is 1. The van der Waals surface area contributed by atoms with E-state index in [1.165, 1.54) is 38.5 Å². The molecule has 0 radical (unpaired) electrons. The van der Waals surface area contributed by atoms with Gasteiger partial charge in [0.15, 0.2) is 0 Å². The van der Waals surface area contributed by atoms with Crippen LogP contribution in [-0.4, -0.2) is 21.1 Å². The zero-order valence-electron chi connectivity index (χ0n) is 17.7. The normalized spacial score (nSPS) is 14.6. The number of nitrogens with zero attached hydrogens (tertiary/aromatic N) is 1. The molecule has 1 aromatic heterocycles. The van der Waals surface area contributed by atoms with Gasteiger partial charge >= 0.3 is 0 Å². The summed E-state index contributed by atoms with van der Waals surface area (Å²) in [4.78, 5) is 8.19. The van der Waals surface area contributed by atoms with E-state index in [4.69, 9.17) is 10.7 Å². The summed E-state index contributed by atoms with van der Waals surface area (Å²) >= 11 is 0. The highest BCUT2D eigenvalue weighted by molar-refractivity contribution is 5.79. The molecule has 0 saturated carbocycles. The van der Waals surface area contributed by atoms with Crippen molar-refractivity contribution in [2.45, 2.75) is 97.6 Å². The third kappa shape index (κ3) is 6.62. The van der Waals surface area contributed by atoms with Gasteiger partial charge in [-0.25, -0.2) is 4.98 Å². The highest BCUT2D eigenvalue weighted by Gasteiger charge is 2.26. The average Bonchev–Trinajstić information content (AvgIpc) is 3.04. The molecule has 2 aromatic rings. The molecular weight excluding hydrogens is 334 g/mol. The molecule has 1 aromatic carbocycles. The summed E-state index contributed by atoms with van der Waals surface area (Å²) < 4.78 is 0. The summed E-state index contributed by atoms with van der Waals surface area (Å²) in [6.45, 7) is 8.39. The van der Waals surface area contributed by atoms with Crippen LogP contribution in [0.4, 0.5) is 0 Å². The van der Waals surface area contributed by atoms with Crippen LogP contribution < -0.4 is 5.73 Å². The first-order valence-corrected chi connectivity index (χ1v) is 10.7. The van der Waals surface area contributed by atoms with E-state index in [2.05, 4.69) is 11.9 Å². The highest BCUT2D eigenvalue weighted by Crippen LogP contribution is 2.35. The largest absolute Gasteiger partial charge is 0.388 e. The molecule has 0 amide bonds. The Hall–Kier alpha value is -1.39. The van der Waals surface area contributed by atoms with E-state index in [9.17, 15) is 5.11 Å². The van der Waals surface area contributed by atoms with Crippen molar-refractivity contribution in [2.24, 2.45) is 11.1 Å². The molecule has 0 aliphatic rings. The van der Waals surface area contributed by atoms with E-state index in [1.54, 1.807) is 0 Å². The van der Waals surface area contributed by atoms with Gasteiger partial charge in [-0.2, -0.15) is 0 Å². The zero-order valence-corrected chi connectivity index (χ0v) is 17.7. The molecule has 27 heavy (non-hydrogen) atoms. The predicted molar refractivity (Wildman–Crippen MR) is 115 cm³/mol. The summed E-state index contributed by atoms with van der Waals surface area (Å²) in [7, 11) is 0. The molecule has 4 N–H and O–H groups in total. The van der Waals surface area contributed by atoms with E-state index in [-0.39, 0.29) is 11.5 Å². The van der Waals surface area contributed by atoms with Crippen LogP contribution in [0.5, 0.6) is 0 Å². The quantitative estimate of drug-likeness (QED) is 0.445. The minimum Gasteiger partial charge on any atom is -0.388 e. The lowest BCUT2D eigenvalue weighted by Crippen LogP contribution is -2.20. The Morgan fingerprint density at radius 1 is 1.07 bits per heavy atom.